The number of methoxy groups -OCH3 is 1. The number of aliphatic hydroxyl groups is 1. The fourth-order valence-corrected chi connectivity index (χ4v) is 4.98. The van der Waals surface area contributed by atoms with Crippen LogP contribution in [0.2, 0.25) is 0 Å². The second-order valence-electron chi connectivity index (χ2n) is 9.28. The molecule has 3 heterocycles. The minimum atomic E-state index is -0.719. The molecule has 9 heteroatoms. The number of rotatable bonds is 4. The van der Waals surface area contributed by atoms with Crippen LogP contribution in [0.15, 0.2) is 65.8 Å². The van der Waals surface area contributed by atoms with Gasteiger partial charge in [-0.05, 0) is 44.0 Å². The van der Waals surface area contributed by atoms with Gasteiger partial charge in [-0.2, -0.15) is 5.10 Å². The summed E-state index contributed by atoms with van der Waals surface area (Å²) in [5, 5.41) is 16.9. The van der Waals surface area contributed by atoms with Gasteiger partial charge in [-0.15, -0.1) is 0 Å². The number of nitrogen functional groups attached to an aromatic ring is 1. The van der Waals surface area contributed by atoms with Gasteiger partial charge in [0.2, 0.25) is 0 Å². The van der Waals surface area contributed by atoms with E-state index in [1.54, 1.807) is 17.9 Å². The molecule has 3 aromatic heterocycles. The number of benzene rings is 2. The van der Waals surface area contributed by atoms with Gasteiger partial charge >= 0.3 is 0 Å². The van der Waals surface area contributed by atoms with Crippen molar-refractivity contribution in [3.8, 4) is 22.7 Å². The second-order valence-corrected chi connectivity index (χ2v) is 9.28. The minimum Gasteiger partial charge on any atom is -0.495 e. The van der Waals surface area contributed by atoms with Gasteiger partial charge in [0.05, 0.1) is 35.7 Å². The van der Waals surface area contributed by atoms with Gasteiger partial charge in [0.1, 0.15) is 23.6 Å². The van der Waals surface area contributed by atoms with Crippen molar-refractivity contribution in [3.05, 3.63) is 71.4 Å². The van der Waals surface area contributed by atoms with E-state index in [2.05, 4.69) is 9.97 Å². The molecule has 0 saturated heterocycles. The molecule has 0 amide bonds. The van der Waals surface area contributed by atoms with Gasteiger partial charge in [-0.1, -0.05) is 24.3 Å². The minimum absolute atomic E-state index is 0.00593. The molecule has 3 N–H and O–H groups in total. The number of ether oxygens (including phenoxy) is 1. The molecule has 176 valence electrons. The summed E-state index contributed by atoms with van der Waals surface area (Å²) in [4.78, 5) is 22.2. The maximum atomic E-state index is 13.6. The van der Waals surface area contributed by atoms with Crippen molar-refractivity contribution in [2.24, 2.45) is 0 Å². The molecule has 0 radical (unpaired) electrons. The summed E-state index contributed by atoms with van der Waals surface area (Å²) in [5.41, 5.74) is 8.05. The molecular formula is C26H24N6O3. The van der Waals surface area contributed by atoms with Crippen LogP contribution in [0.25, 0.3) is 38.8 Å². The fraction of sp³-hybridized carbons (Fsp3) is 0.231. The number of hydrogen-bond acceptors (Lipinski definition) is 7. The maximum absolute atomic E-state index is 13.6. The number of anilines is 1. The summed E-state index contributed by atoms with van der Waals surface area (Å²) in [7, 11) is 1.59. The number of pyridine rings is 1. The predicted molar refractivity (Wildman–Crippen MR) is 134 cm³/mol. The Bertz CT molecular complexity index is 1650. The summed E-state index contributed by atoms with van der Waals surface area (Å²) in [6.45, 7) is 1.81. The van der Waals surface area contributed by atoms with Crippen LogP contribution >= 0.6 is 0 Å². The molecule has 5 aromatic rings. The summed E-state index contributed by atoms with van der Waals surface area (Å²) in [5.74, 6) is 0.903. The van der Waals surface area contributed by atoms with E-state index in [0.29, 0.717) is 51.9 Å². The maximum Gasteiger partial charge on any atom is 0.263 e. The Labute approximate surface area is 200 Å². The van der Waals surface area contributed by atoms with Crippen LogP contribution in [0, 0.1) is 0 Å². The molecule has 1 fully saturated rings. The molecule has 9 nitrogen and oxygen atoms in total. The van der Waals surface area contributed by atoms with E-state index >= 15 is 0 Å². The zero-order chi connectivity index (χ0) is 24.3. The molecule has 0 spiro atoms. The van der Waals surface area contributed by atoms with E-state index in [1.165, 1.54) is 6.33 Å². The van der Waals surface area contributed by atoms with E-state index in [4.69, 9.17) is 15.6 Å². The van der Waals surface area contributed by atoms with Gasteiger partial charge < -0.3 is 15.6 Å². The molecular weight excluding hydrogens is 444 g/mol. The first-order valence-corrected chi connectivity index (χ1v) is 11.4. The number of fused-ring (bicyclic) bond motifs is 2. The van der Waals surface area contributed by atoms with Crippen LogP contribution in [-0.2, 0) is 0 Å². The van der Waals surface area contributed by atoms with Crippen molar-refractivity contribution in [1.82, 2.24) is 24.3 Å². The zero-order valence-electron chi connectivity index (χ0n) is 19.3. The van der Waals surface area contributed by atoms with E-state index in [9.17, 15) is 9.90 Å². The first-order chi connectivity index (χ1) is 16.9. The fourth-order valence-electron chi connectivity index (χ4n) is 4.98. The smallest absolute Gasteiger partial charge is 0.263 e. The Morgan fingerprint density at radius 1 is 1.11 bits per heavy atom. The number of nitrogens with two attached hydrogens (primary N) is 1. The van der Waals surface area contributed by atoms with Crippen molar-refractivity contribution in [2.45, 2.75) is 31.4 Å². The van der Waals surface area contributed by atoms with Gasteiger partial charge in [-0.3, -0.25) is 9.36 Å². The Morgan fingerprint density at radius 2 is 1.89 bits per heavy atom. The van der Waals surface area contributed by atoms with Crippen LogP contribution in [-0.4, -0.2) is 42.1 Å². The van der Waals surface area contributed by atoms with Crippen LogP contribution < -0.4 is 16.0 Å². The highest BCUT2D eigenvalue weighted by molar-refractivity contribution is 6.00. The van der Waals surface area contributed by atoms with Gasteiger partial charge in [-0.25, -0.2) is 14.6 Å². The third-order valence-electron chi connectivity index (χ3n) is 6.72. The van der Waals surface area contributed by atoms with E-state index in [1.807, 2.05) is 60.1 Å². The SMILES string of the molecule is COc1cn(-c2ccccc2)c(=O)c2cc(-c3nn(C4CC(C)(O)C4)c4ncnc(N)c34)ccc12. The highest BCUT2D eigenvalue weighted by Crippen LogP contribution is 2.43. The lowest BCUT2D eigenvalue weighted by atomic mass is 9.77. The van der Waals surface area contributed by atoms with E-state index in [-0.39, 0.29) is 11.6 Å². The number of aromatic nitrogens is 5. The first kappa shape index (κ1) is 21.3. The lowest BCUT2D eigenvalue weighted by Gasteiger charge is -2.40. The molecule has 1 aliphatic rings. The van der Waals surface area contributed by atoms with Crippen molar-refractivity contribution < 1.29 is 9.84 Å². The summed E-state index contributed by atoms with van der Waals surface area (Å²) in [6.07, 6.45) is 4.27. The molecule has 0 atom stereocenters. The van der Waals surface area contributed by atoms with E-state index in [0.717, 1.165) is 11.3 Å². The molecule has 1 aliphatic carbocycles. The van der Waals surface area contributed by atoms with Crippen molar-refractivity contribution in [1.29, 1.82) is 0 Å². The zero-order valence-corrected chi connectivity index (χ0v) is 19.3. The topological polar surface area (TPSA) is 121 Å². The molecule has 6 rings (SSSR count). The van der Waals surface area contributed by atoms with E-state index < -0.39 is 5.60 Å². The summed E-state index contributed by atoms with van der Waals surface area (Å²) < 4.78 is 9.01. The third-order valence-corrected chi connectivity index (χ3v) is 6.72. The molecule has 0 bridgehead atoms. The van der Waals surface area contributed by atoms with Gasteiger partial charge in [0.25, 0.3) is 5.56 Å². The summed E-state index contributed by atoms with van der Waals surface area (Å²) in [6, 6.07) is 15.0. The number of hydrogen-bond donors (Lipinski definition) is 2. The van der Waals surface area contributed by atoms with Gasteiger partial charge in [0, 0.05) is 16.6 Å². The predicted octanol–water partition coefficient (Wildman–Crippen LogP) is 3.47. The van der Waals surface area contributed by atoms with Crippen LogP contribution in [0.1, 0.15) is 25.8 Å². The standard InChI is InChI=1S/C26H24N6O3/c1-26(34)11-17(12-26)32-24-21(23(27)28-14-29-24)22(30-32)15-8-9-18-19(10-15)25(33)31(13-20(18)35-2)16-6-4-3-5-7-16/h3-10,13-14,17,34H,11-12H2,1-2H3,(H2,27,28,29). The highest BCUT2D eigenvalue weighted by Gasteiger charge is 2.41. The van der Waals surface area contributed by atoms with Crippen LogP contribution in [0.5, 0.6) is 5.75 Å². The van der Waals surface area contributed by atoms with Gasteiger partial charge in [0.15, 0.2) is 5.65 Å². The molecule has 1 saturated carbocycles. The Balaban J connectivity index is 1.58. The lowest BCUT2D eigenvalue weighted by Crippen LogP contribution is -2.42. The average Bonchev–Trinajstić information content (AvgIpc) is 3.24. The molecule has 0 aliphatic heterocycles. The largest absolute Gasteiger partial charge is 0.495 e. The third kappa shape index (κ3) is 3.35. The second kappa shape index (κ2) is 7.64. The van der Waals surface area contributed by atoms with Crippen molar-refractivity contribution in [3.63, 3.8) is 0 Å². The van der Waals surface area contributed by atoms with Crippen LogP contribution in [0.3, 0.4) is 0 Å². The first-order valence-electron chi connectivity index (χ1n) is 11.4. The Morgan fingerprint density at radius 3 is 2.60 bits per heavy atom. The van der Waals surface area contributed by atoms with Crippen LogP contribution in [0.4, 0.5) is 5.82 Å². The van der Waals surface area contributed by atoms with Crippen molar-refractivity contribution in [2.75, 3.05) is 12.8 Å². The quantitative estimate of drug-likeness (QED) is 0.414. The monoisotopic (exact) mass is 468 g/mol. The molecule has 0 unspecified atom stereocenters. The Kier molecular flexibility index (Phi) is 4.65. The summed E-state index contributed by atoms with van der Waals surface area (Å²) >= 11 is 0. The molecule has 2 aromatic carbocycles. The highest BCUT2D eigenvalue weighted by atomic mass is 16.5. The molecule has 35 heavy (non-hydrogen) atoms. The normalized spacial score (nSPS) is 19.7. The number of para-hydroxylation sites is 1. The lowest BCUT2D eigenvalue weighted by molar-refractivity contribution is -0.0531. The average molecular weight is 469 g/mol. The Hall–Kier alpha value is -4.24. The van der Waals surface area contributed by atoms with Crippen molar-refractivity contribution >= 4 is 27.6 Å². The number of nitrogens with zero attached hydrogens (tertiary/aromatic N) is 5.